The van der Waals surface area contributed by atoms with Gasteiger partial charge in [0.05, 0.1) is 6.61 Å². The molecule has 4 atom stereocenters. The summed E-state index contributed by atoms with van der Waals surface area (Å²) in [5.41, 5.74) is 0. The Bertz CT molecular complexity index is 202. The normalized spacial score (nSPS) is 38.5. The first-order valence-electron chi connectivity index (χ1n) is 5.32. The maximum Gasteiger partial charge on any atom is 0.0581 e. The minimum absolute atomic E-state index is 0.247. The van der Waals surface area contributed by atoms with Crippen LogP contribution in [0.2, 0.25) is 0 Å². The fourth-order valence-electron chi connectivity index (χ4n) is 2.55. The molecule has 2 N–H and O–H groups in total. The van der Waals surface area contributed by atoms with Crippen LogP contribution in [0.4, 0.5) is 0 Å². The van der Waals surface area contributed by atoms with Crippen LogP contribution in [0.25, 0.3) is 0 Å². The van der Waals surface area contributed by atoms with Gasteiger partial charge in [-0.3, -0.25) is 0 Å². The average molecular weight is 181 g/mol. The Kier molecular flexibility index (Phi) is 2.70. The number of hydrogen-bond donors (Lipinski definition) is 2. The van der Waals surface area contributed by atoms with Crippen molar-refractivity contribution in [3.05, 3.63) is 12.2 Å². The molecule has 0 unspecified atom stereocenters. The van der Waals surface area contributed by atoms with Crippen LogP contribution in [0, 0.1) is 17.8 Å². The third-order valence-electron chi connectivity index (χ3n) is 3.42. The number of aliphatic hydroxyl groups excluding tert-OH is 1. The molecule has 2 bridgehead atoms. The van der Waals surface area contributed by atoms with E-state index in [9.17, 15) is 0 Å². The van der Waals surface area contributed by atoms with Gasteiger partial charge < -0.3 is 10.4 Å². The van der Waals surface area contributed by atoms with Crippen molar-refractivity contribution in [1.82, 2.24) is 5.32 Å². The second-order valence-electron chi connectivity index (χ2n) is 4.53. The standard InChI is InChI=1S/C11H19NO/c1-8(7-13)12-6-11-5-9-2-3-10(11)4-9/h2-3,8-13H,4-7H2,1H3/t8-,9+,10+,11-/m1/s1. The van der Waals surface area contributed by atoms with E-state index in [4.69, 9.17) is 5.11 Å². The highest BCUT2D eigenvalue weighted by molar-refractivity contribution is 5.10. The molecule has 0 aliphatic heterocycles. The van der Waals surface area contributed by atoms with Crippen molar-refractivity contribution in [2.24, 2.45) is 17.8 Å². The van der Waals surface area contributed by atoms with Gasteiger partial charge in [-0.1, -0.05) is 12.2 Å². The second-order valence-corrected chi connectivity index (χ2v) is 4.53. The third-order valence-corrected chi connectivity index (χ3v) is 3.42. The Morgan fingerprint density at radius 1 is 1.46 bits per heavy atom. The Hall–Kier alpha value is -0.340. The topological polar surface area (TPSA) is 32.3 Å². The van der Waals surface area contributed by atoms with Crippen molar-refractivity contribution in [3.8, 4) is 0 Å². The molecule has 0 saturated heterocycles. The van der Waals surface area contributed by atoms with Gasteiger partial charge >= 0.3 is 0 Å². The second kappa shape index (κ2) is 3.81. The lowest BCUT2D eigenvalue weighted by Crippen LogP contribution is -2.34. The summed E-state index contributed by atoms with van der Waals surface area (Å²) in [6.45, 7) is 3.35. The molecule has 0 aromatic rings. The van der Waals surface area contributed by atoms with E-state index < -0.39 is 0 Å². The smallest absolute Gasteiger partial charge is 0.0581 e. The maximum absolute atomic E-state index is 8.86. The quantitative estimate of drug-likeness (QED) is 0.638. The third kappa shape index (κ3) is 1.94. The molecule has 0 heterocycles. The van der Waals surface area contributed by atoms with Crippen molar-refractivity contribution in [2.45, 2.75) is 25.8 Å². The first kappa shape index (κ1) is 9.22. The van der Waals surface area contributed by atoms with Gasteiger partial charge in [-0.25, -0.2) is 0 Å². The Balaban J connectivity index is 1.75. The van der Waals surface area contributed by atoms with Crippen molar-refractivity contribution in [3.63, 3.8) is 0 Å². The molecule has 0 amide bonds. The summed E-state index contributed by atoms with van der Waals surface area (Å²) < 4.78 is 0. The molecule has 13 heavy (non-hydrogen) atoms. The predicted molar refractivity (Wildman–Crippen MR) is 53.4 cm³/mol. The van der Waals surface area contributed by atoms with Crippen LogP contribution >= 0.6 is 0 Å². The first-order chi connectivity index (χ1) is 6.29. The lowest BCUT2D eigenvalue weighted by atomic mass is 9.93. The zero-order valence-electron chi connectivity index (χ0n) is 8.24. The van der Waals surface area contributed by atoms with Gasteiger partial charge in [-0.15, -0.1) is 0 Å². The highest BCUT2D eigenvalue weighted by Gasteiger charge is 2.35. The van der Waals surface area contributed by atoms with Gasteiger partial charge in [0, 0.05) is 6.04 Å². The van der Waals surface area contributed by atoms with Crippen molar-refractivity contribution in [1.29, 1.82) is 0 Å². The number of rotatable bonds is 4. The Morgan fingerprint density at radius 3 is 2.85 bits per heavy atom. The van der Waals surface area contributed by atoms with Gasteiger partial charge in [-0.2, -0.15) is 0 Å². The van der Waals surface area contributed by atoms with Crippen LogP contribution in [-0.4, -0.2) is 24.3 Å². The summed E-state index contributed by atoms with van der Waals surface area (Å²) in [5.74, 6) is 2.51. The number of fused-ring (bicyclic) bond motifs is 2. The van der Waals surface area contributed by atoms with E-state index in [1.54, 1.807) is 0 Å². The van der Waals surface area contributed by atoms with Crippen LogP contribution in [0.5, 0.6) is 0 Å². The first-order valence-corrected chi connectivity index (χ1v) is 5.32. The molecule has 2 aliphatic rings. The molecule has 0 radical (unpaired) electrons. The molecule has 2 aliphatic carbocycles. The molecule has 0 aromatic carbocycles. The average Bonchev–Trinajstić information content (AvgIpc) is 2.74. The van der Waals surface area contributed by atoms with Crippen LogP contribution in [0.3, 0.4) is 0 Å². The molecule has 0 aromatic heterocycles. The fourth-order valence-corrected chi connectivity index (χ4v) is 2.55. The fraction of sp³-hybridized carbons (Fsp3) is 0.818. The number of allylic oxidation sites excluding steroid dienone is 2. The Morgan fingerprint density at radius 2 is 2.31 bits per heavy atom. The van der Waals surface area contributed by atoms with E-state index in [0.717, 1.165) is 24.3 Å². The molecule has 2 nitrogen and oxygen atoms in total. The number of aliphatic hydroxyl groups is 1. The highest BCUT2D eigenvalue weighted by atomic mass is 16.3. The highest BCUT2D eigenvalue weighted by Crippen LogP contribution is 2.42. The lowest BCUT2D eigenvalue weighted by Gasteiger charge is -2.20. The SMILES string of the molecule is C[C@H](CO)NC[C@H]1C[C@H]2C=C[C@H]1C2. The maximum atomic E-state index is 8.86. The van der Waals surface area contributed by atoms with Gasteiger partial charge in [0.25, 0.3) is 0 Å². The molecule has 1 saturated carbocycles. The van der Waals surface area contributed by atoms with Gasteiger partial charge in [-0.05, 0) is 44.1 Å². The largest absolute Gasteiger partial charge is 0.395 e. The van der Waals surface area contributed by atoms with E-state index in [1.807, 2.05) is 6.92 Å². The van der Waals surface area contributed by atoms with E-state index in [0.29, 0.717) is 0 Å². The molecular weight excluding hydrogens is 162 g/mol. The minimum atomic E-state index is 0.247. The predicted octanol–water partition coefficient (Wildman–Crippen LogP) is 1.17. The molecule has 0 spiro atoms. The van der Waals surface area contributed by atoms with E-state index in [-0.39, 0.29) is 12.6 Å². The molecular formula is C11H19NO. The number of hydrogen-bond acceptors (Lipinski definition) is 2. The zero-order valence-corrected chi connectivity index (χ0v) is 8.24. The summed E-state index contributed by atoms with van der Waals surface area (Å²) >= 11 is 0. The van der Waals surface area contributed by atoms with Crippen molar-refractivity contribution >= 4 is 0 Å². The van der Waals surface area contributed by atoms with Crippen LogP contribution in [0.15, 0.2) is 12.2 Å². The van der Waals surface area contributed by atoms with Crippen molar-refractivity contribution in [2.75, 3.05) is 13.2 Å². The molecule has 1 fully saturated rings. The van der Waals surface area contributed by atoms with E-state index in [1.165, 1.54) is 12.8 Å². The van der Waals surface area contributed by atoms with Gasteiger partial charge in [0.1, 0.15) is 0 Å². The van der Waals surface area contributed by atoms with Crippen molar-refractivity contribution < 1.29 is 5.11 Å². The van der Waals surface area contributed by atoms with Gasteiger partial charge in [0.15, 0.2) is 0 Å². The van der Waals surface area contributed by atoms with Crippen LogP contribution in [-0.2, 0) is 0 Å². The number of nitrogens with one attached hydrogen (secondary N) is 1. The van der Waals surface area contributed by atoms with E-state index >= 15 is 0 Å². The lowest BCUT2D eigenvalue weighted by molar-refractivity contribution is 0.242. The van der Waals surface area contributed by atoms with Crippen LogP contribution < -0.4 is 5.32 Å². The summed E-state index contributed by atoms with van der Waals surface area (Å²) in [5, 5.41) is 12.2. The Labute approximate surface area is 80.0 Å². The zero-order chi connectivity index (χ0) is 9.26. The van der Waals surface area contributed by atoms with Gasteiger partial charge in [0.2, 0.25) is 0 Å². The monoisotopic (exact) mass is 181 g/mol. The summed E-state index contributed by atoms with van der Waals surface area (Å²) in [7, 11) is 0. The summed E-state index contributed by atoms with van der Waals surface area (Å²) in [6, 6.07) is 0.253. The summed E-state index contributed by atoms with van der Waals surface area (Å²) in [4.78, 5) is 0. The molecule has 74 valence electrons. The molecule has 2 heteroatoms. The van der Waals surface area contributed by atoms with E-state index in [2.05, 4.69) is 17.5 Å². The molecule has 2 rings (SSSR count). The minimum Gasteiger partial charge on any atom is -0.395 e. The summed E-state index contributed by atoms with van der Waals surface area (Å²) in [6.07, 6.45) is 7.48. The van der Waals surface area contributed by atoms with Crippen LogP contribution in [0.1, 0.15) is 19.8 Å².